The Labute approximate surface area is 205 Å². The van der Waals surface area contributed by atoms with E-state index in [1.54, 1.807) is 4.90 Å². The van der Waals surface area contributed by atoms with E-state index in [1.165, 1.54) is 18.2 Å². The third-order valence-corrected chi connectivity index (χ3v) is 5.99. The zero-order valence-corrected chi connectivity index (χ0v) is 19.3. The summed E-state index contributed by atoms with van der Waals surface area (Å²) in [5.74, 6) is -0.539. The molecular formula is C22H21F4N7O4. The predicted octanol–water partition coefficient (Wildman–Crippen LogP) is 2.17. The number of halogens is 4. The molecule has 4 heterocycles. The van der Waals surface area contributed by atoms with Gasteiger partial charge in [0.2, 0.25) is 5.91 Å². The first-order chi connectivity index (χ1) is 17.7. The second kappa shape index (κ2) is 9.80. The maximum absolute atomic E-state index is 13.4. The number of oxazole rings is 1. The van der Waals surface area contributed by atoms with Crippen LogP contribution in [0.25, 0.3) is 22.0 Å². The topological polar surface area (TPSA) is 122 Å². The summed E-state index contributed by atoms with van der Waals surface area (Å²) in [6.45, 7) is 1.85. The van der Waals surface area contributed by atoms with E-state index in [0.717, 1.165) is 10.9 Å². The van der Waals surface area contributed by atoms with Crippen LogP contribution in [0.15, 0.2) is 33.6 Å². The average Bonchev–Trinajstić information content (AvgIpc) is 3.46. The van der Waals surface area contributed by atoms with Crippen molar-refractivity contribution in [2.24, 2.45) is 0 Å². The number of ether oxygens (including phenoxy) is 1. The minimum Gasteiger partial charge on any atom is -0.423 e. The number of hydrogen-bond acceptors (Lipinski definition) is 8. The summed E-state index contributed by atoms with van der Waals surface area (Å²) < 4.78 is 65.2. The van der Waals surface area contributed by atoms with Gasteiger partial charge in [-0.1, -0.05) is 0 Å². The Morgan fingerprint density at radius 1 is 1.16 bits per heavy atom. The molecule has 1 aromatic carbocycles. The molecular weight excluding hydrogens is 502 g/mol. The van der Waals surface area contributed by atoms with E-state index in [-0.39, 0.29) is 37.6 Å². The van der Waals surface area contributed by atoms with Gasteiger partial charge in [-0.15, -0.1) is 0 Å². The SMILES string of the molecule is O=C(CCOCCn1nc(C(F)(F)F)c2c(=O)[nH]ncc21)N1CCN(c2nc3ccc(F)cc3o2)CC1. The first-order valence-electron chi connectivity index (χ1n) is 11.4. The molecule has 0 aliphatic carbocycles. The van der Waals surface area contributed by atoms with Crippen molar-refractivity contribution in [1.82, 2.24) is 29.9 Å². The van der Waals surface area contributed by atoms with Gasteiger partial charge in [0.05, 0.1) is 37.9 Å². The summed E-state index contributed by atoms with van der Waals surface area (Å²) >= 11 is 0. The molecule has 11 nitrogen and oxygen atoms in total. The minimum absolute atomic E-state index is 0.0136. The molecule has 1 N–H and O–H groups in total. The third kappa shape index (κ3) is 5.12. The Bertz CT molecular complexity index is 1490. The number of alkyl halides is 3. The highest BCUT2D eigenvalue weighted by atomic mass is 19.4. The van der Waals surface area contributed by atoms with Crippen molar-refractivity contribution in [3.63, 3.8) is 0 Å². The lowest BCUT2D eigenvalue weighted by Crippen LogP contribution is -2.49. The maximum Gasteiger partial charge on any atom is 0.435 e. The molecule has 1 fully saturated rings. The van der Waals surface area contributed by atoms with Gasteiger partial charge in [-0.05, 0) is 12.1 Å². The highest BCUT2D eigenvalue weighted by Gasteiger charge is 2.38. The van der Waals surface area contributed by atoms with Gasteiger partial charge in [0.25, 0.3) is 11.6 Å². The number of carbonyl (C=O) groups is 1. The standard InChI is InChI=1S/C22H21F4N7O4/c23-13-1-2-14-16(11-13)37-21(28-14)32-6-4-31(5-7-32)17(34)3-9-36-10-8-33-15-12-27-29-20(35)18(15)19(30-33)22(24,25)26/h1-2,11-12H,3-10H2,(H,29,35). The van der Waals surface area contributed by atoms with Crippen LogP contribution in [0.4, 0.5) is 23.6 Å². The summed E-state index contributed by atoms with van der Waals surface area (Å²) in [5, 5.41) is 8.46. The first kappa shape index (κ1) is 24.7. The number of nitrogens with one attached hydrogen (secondary N) is 1. The zero-order valence-electron chi connectivity index (χ0n) is 19.3. The predicted molar refractivity (Wildman–Crippen MR) is 121 cm³/mol. The maximum atomic E-state index is 13.4. The molecule has 196 valence electrons. The summed E-state index contributed by atoms with van der Waals surface area (Å²) in [6, 6.07) is 4.49. The number of benzene rings is 1. The third-order valence-electron chi connectivity index (χ3n) is 5.99. The number of anilines is 1. The first-order valence-corrected chi connectivity index (χ1v) is 11.4. The fourth-order valence-electron chi connectivity index (χ4n) is 4.15. The average molecular weight is 523 g/mol. The van der Waals surface area contributed by atoms with Crippen molar-refractivity contribution >= 4 is 33.9 Å². The molecule has 1 aliphatic rings. The van der Waals surface area contributed by atoms with Crippen molar-refractivity contribution in [2.45, 2.75) is 19.1 Å². The van der Waals surface area contributed by atoms with Crippen molar-refractivity contribution in [2.75, 3.05) is 44.3 Å². The molecule has 0 radical (unpaired) electrons. The molecule has 0 spiro atoms. The molecule has 3 aromatic heterocycles. The Morgan fingerprint density at radius 2 is 1.95 bits per heavy atom. The van der Waals surface area contributed by atoms with E-state index in [9.17, 15) is 27.2 Å². The van der Waals surface area contributed by atoms with Crippen LogP contribution in [0.3, 0.4) is 0 Å². The molecule has 5 rings (SSSR count). The lowest BCUT2D eigenvalue weighted by Gasteiger charge is -2.33. The number of aromatic amines is 1. The van der Waals surface area contributed by atoms with Gasteiger partial charge in [-0.25, -0.2) is 9.49 Å². The van der Waals surface area contributed by atoms with E-state index >= 15 is 0 Å². The molecule has 37 heavy (non-hydrogen) atoms. The van der Waals surface area contributed by atoms with Gasteiger partial charge >= 0.3 is 6.18 Å². The van der Waals surface area contributed by atoms with E-state index in [2.05, 4.69) is 15.2 Å². The fourth-order valence-corrected chi connectivity index (χ4v) is 4.15. The van der Waals surface area contributed by atoms with E-state index in [4.69, 9.17) is 9.15 Å². The van der Waals surface area contributed by atoms with Crippen LogP contribution in [-0.2, 0) is 22.3 Å². The lowest BCUT2D eigenvalue weighted by molar-refractivity contribution is -0.140. The van der Waals surface area contributed by atoms with Gasteiger partial charge < -0.3 is 19.0 Å². The molecule has 1 saturated heterocycles. The van der Waals surface area contributed by atoms with Crippen LogP contribution in [0.1, 0.15) is 12.1 Å². The molecule has 0 saturated carbocycles. The molecule has 15 heteroatoms. The number of nitrogens with zero attached hydrogens (tertiary/aromatic N) is 6. The van der Waals surface area contributed by atoms with Gasteiger partial charge in [-0.3, -0.25) is 14.3 Å². The number of H-pyrrole nitrogens is 1. The quantitative estimate of drug-likeness (QED) is 0.289. The van der Waals surface area contributed by atoms with E-state index in [0.29, 0.717) is 43.3 Å². The van der Waals surface area contributed by atoms with E-state index < -0.39 is 28.6 Å². The van der Waals surface area contributed by atoms with Crippen LogP contribution in [0.2, 0.25) is 0 Å². The Balaban J connectivity index is 1.09. The molecule has 0 unspecified atom stereocenters. The van der Waals surface area contributed by atoms with E-state index in [1.807, 2.05) is 10.00 Å². The zero-order chi connectivity index (χ0) is 26.2. The Kier molecular flexibility index (Phi) is 6.54. The summed E-state index contributed by atoms with van der Waals surface area (Å²) in [4.78, 5) is 32.3. The van der Waals surface area contributed by atoms with Crippen LogP contribution >= 0.6 is 0 Å². The summed E-state index contributed by atoms with van der Waals surface area (Å²) in [7, 11) is 0. The molecule has 4 aromatic rings. The highest BCUT2D eigenvalue weighted by Crippen LogP contribution is 2.32. The number of carbonyl (C=O) groups excluding carboxylic acids is 1. The van der Waals surface area contributed by atoms with Crippen LogP contribution < -0.4 is 10.5 Å². The van der Waals surface area contributed by atoms with Gasteiger partial charge in [0.1, 0.15) is 16.7 Å². The van der Waals surface area contributed by atoms with Crippen LogP contribution in [0.5, 0.6) is 0 Å². The number of fused-ring (bicyclic) bond motifs is 2. The van der Waals surface area contributed by atoms with Gasteiger partial charge in [-0.2, -0.15) is 28.4 Å². The smallest absolute Gasteiger partial charge is 0.423 e. The molecule has 1 aliphatic heterocycles. The number of piperazine rings is 1. The van der Waals surface area contributed by atoms with Crippen molar-refractivity contribution in [3.8, 4) is 0 Å². The van der Waals surface area contributed by atoms with Crippen molar-refractivity contribution < 1.29 is 31.5 Å². The normalized spacial score (nSPS) is 14.7. The minimum atomic E-state index is -4.80. The molecule has 0 bridgehead atoms. The van der Waals surface area contributed by atoms with Crippen molar-refractivity contribution in [3.05, 3.63) is 46.3 Å². The lowest BCUT2D eigenvalue weighted by atomic mass is 10.2. The van der Waals surface area contributed by atoms with Gasteiger partial charge in [0, 0.05) is 32.2 Å². The number of amides is 1. The number of aromatic nitrogens is 5. The van der Waals surface area contributed by atoms with Crippen molar-refractivity contribution in [1.29, 1.82) is 0 Å². The van der Waals surface area contributed by atoms with Crippen LogP contribution in [-0.4, -0.2) is 75.2 Å². The second-order valence-electron chi connectivity index (χ2n) is 8.37. The monoisotopic (exact) mass is 523 g/mol. The largest absolute Gasteiger partial charge is 0.435 e. The fraction of sp³-hybridized carbons (Fsp3) is 0.409. The Hall–Kier alpha value is -4.01. The summed E-state index contributed by atoms with van der Waals surface area (Å²) in [6.07, 6.45) is -3.61. The van der Waals surface area contributed by atoms with Crippen LogP contribution in [0, 0.1) is 5.82 Å². The molecule has 0 atom stereocenters. The molecule has 1 amide bonds. The summed E-state index contributed by atoms with van der Waals surface area (Å²) in [5.41, 5.74) is -1.42. The van der Waals surface area contributed by atoms with Gasteiger partial charge in [0.15, 0.2) is 11.3 Å². The highest BCUT2D eigenvalue weighted by molar-refractivity contribution is 5.80. The number of hydrogen-bond donors (Lipinski definition) is 1. The number of rotatable bonds is 7. The second-order valence-corrected chi connectivity index (χ2v) is 8.37. The Morgan fingerprint density at radius 3 is 2.70 bits per heavy atom.